The molecular formula is C19H29N. The quantitative estimate of drug-likeness (QED) is 0.778. The minimum Gasteiger partial charge on any atom is -0.330 e. The normalized spacial score (nSPS) is 23.6. The Morgan fingerprint density at radius 2 is 1.55 bits per heavy atom. The van der Waals surface area contributed by atoms with Crippen LogP contribution in [0.3, 0.4) is 0 Å². The molecule has 0 unspecified atom stereocenters. The van der Waals surface area contributed by atoms with E-state index in [2.05, 4.69) is 24.3 Å². The fourth-order valence-corrected chi connectivity index (χ4v) is 4.56. The second-order valence-corrected chi connectivity index (χ2v) is 6.97. The topological polar surface area (TPSA) is 26.0 Å². The van der Waals surface area contributed by atoms with E-state index in [0.29, 0.717) is 5.41 Å². The molecule has 0 saturated heterocycles. The molecule has 20 heavy (non-hydrogen) atoms. The highest BCUT2D eigenvalue weighted by Gasteiger charge is 2.36. The Labute approximate surface area is 124 Å². The molecule has 0 aliphatic heterocycles. The molecule has 2 fully saturated rings. The van der Waals surface area contributed by atoms with Crippen LogP contribution in [0.15, 0.2) is 24.3 Å². The van der Waals surface area contributed by atoms with Gasteiger partial charge in [-0.1, -0.05) is 62.8 Å². The van der Waals surface area contributed by atoms with Gasteiger partial charge in [-0.3, -0.25) is 0 Å². The Morgan fingerprint density at radius 1 is 0.900 bits per heavy atom. The van der Waals surface area contributed by atoms with Gasteiger partial charge in [-0.15, -0.1) is 0 Å². The summed E-state index contributed by atoms with van der Waals surface area (Å²) in [5.74, 6) is 0.790. The first-order valence-corrected chi connectivity index (χ1v) is 8.65. The Bertz CT molecular complexity index is 423. The lowest BCUT2D eigenvalue weighted by molar-refractivity contribution is 0.441. The van der Waals surface area contributed by atoms with Crippen LogP contribution >= 0.6 is 0 Å². The van der Waals surface area contributed by atoms with Crippen LogP contribution in [0.4, 0.5) is 0 Å². The smallest absolute Gasteiger partial charge is 0.00783 e. The highest BCUT2D eigenvalue weighted by atomic mass is 14.6. The zero-order valence-electron chi connectivity index (χ0n) is 12.7. The second-order valence-electron chi connectivity index (χ2n) is 6.97. The predicted octanol–water partition coefficient (Wildman–Crippen LogP) is 4.89. The minimum atomic E-state index is 0.295. The average molecular weight is 271 g/mol. The third-order valence-corrected chi connectivity index (χ3v) is 5.78. The van der Waals surface area contributed by atoms with E-state index >= 15 is 0 Å². The summed E-state index contributed by atoms with van der Waals surface area (Å²) < 4.78 is 0. The Kier molecular flexibility index (Phi) is 4.45. The van der Waals surface area contributed by atoms with E-state index in [1.54, 1.807) is 11.1 Å². The molecule has 1 aromatic carbocycles. The molecule has 2 aliphatic carbocycles. The van der Waals surface area contributed by atoms with Crippen molar-refractivity contribution in [1.29, 1.82) is 0 Å². The van der Waals surface area contributed by atoms with Gasteiger partial charge in [-0.2, -0.15) is 0 Å². The van der Waals surface area contributed by atoms with Crippen LogP contribution < -0.4 is 5.73 Å². The van der Waals surface area contributed by atoms with Crippen molar-refractivity contribution in [3.63, 3.8) is 0 Å². The van der Waals surface area contributed by atoms with E-state index < -0.39 is 0 Å². The van der Waals surface area contributed by atoms with Crippen LogP contribution in [0.2, 0.25) is 0 Å². The predicted molar refractivity (Wildman–Crippen MR) is 86.1 cm³/mol. The molecule has 2 saturated carbocycles. The molecule has 0 aromatic heterocycles. The Hall–Kier alpha value is -0.820. The minimum absolute atomic E-state index is 0.295. The summed E-state index contributed by atoms with van der Waals surface area (Å²) in [5.41, 5.74) is 9.77. The number of hydrogen-bond acceptors (Lipinski definition) is 1. The fraction of sp³-hybridized carbons (Fsp3) is 0.684. The highest BCUT2D eigenvalue weighted by molar-refractivity contribution is 5.38. The molecule has 110 valence electrons. The van der Waals surface area contributed by atoms with E-state index in [1.807, 2.05) is 0 Å². The second kappa shape index (κ2) is 6.30. The van der Waals surface area contributed by atoms with E-state index in [4.69, 9.17) is 5.73 Å². The van der Waals surface area contributed by atoms with Gasteiger partial charge >= 0.3 is 0 Å². The van der Waals surface area contributed by atoms with Crippen LogP contribution in [0.5, 0.6) is 0 Å². The Morgan fingerprint density at radius 3 is 2.20 bits per heavy atom. The van der Waals surface area contributed by atoms with Gasteiger partial charge in [0.15, 0.2) is 0 Å². The molecule has 0 amide bonds. The lowest BCUT2D eigenvalue weighted by Crippen LogP contribution is -2.33. The van der Waals surface area contributed by atoms with Gasteiger partial charge in [0.05, 0.1) is 0 Å². The number of hydrogen-bond donors (Lipinski definition) is 1. The van der Waals surface area contributed by atoms with Gasteiger partial charge in [-0.25, -0.2) is 0 Å². The molecule has 0 atom stereocenters. The monoisotopic (exact) mass is 271 g/mol. The Balaban J connectivity index is 1.94. The van der Waals surface area contributed by atoms with Gasteiger partial charge < -0.3 is 5.73 Å². The van der Waals surface area contributed by atoms with Gasteiger partial charge in [0, 0.05) is 12.0 Å². The summed E-state index contributed by atoms with van der Waals surface area (Å²) in [6.45, 7) is 0.830. The lowest BCUT2D eigenvalue weighted by atomic mass is 9.73. The van der Waals surface area contributed by atoms with Crippen molar-refractivity contribution >= 4 is 0 Å². The van der Waals surface area contributed by atoms with Crippen LogP contribution in [0, 0.1) is 0 Å². The molecule has 1 heteroatoms. The molecule has 0 spiro atoms. The first kappa shape index (κ1) is 14.1. The average Bonchev–Trinajstić information content (AvgIpc) is 2.83. The summed E-state index contributed by atoms with van der Waals surface area (Å²) >= 11 is 0. The maximum atomic E-state index is 6.23. The van der Waals surface area contributed by atoms with Crippen molar-refractivity contribution in [2.24, 2.45) is 5.73 Å². The van der Waals surface area contributed by atoms with Gasteiger partial charge in [0.25, 0.3) is 0 Å². The fourth-order valence-electron chi connectivity index (χ4n) is 4.56. The molecule has 1 nitrogen and oxygen atoms in total. The van der Waals surface area contributed by atoms with E-state index in [-0.39, 0.29) is 0 Å². The molecule has 0 heterocycles. The molecule has 1 aromatic rings. The van der Waals surface area contributed by atoms with Crippen molar-refractivity contribution in [3.8, 4) is 0 Å². The van der Waals surface area contributed by atoms with Crippen molar-refractivity contribution < 1.29 is 0 Å². The summed E-state index contributed by atoms with van der Waals surface area (Å²) in [5, 5.41) is 0. The van der Waals surface area contributed by atoms with Crippen LogP contribution in [0.1, 0.15) is 81.3 Å². The summed E-state index contributed by atoms with van der Waals surface area (Å²) in [4.78, 5) is 0. The largest absolute Gasteiger partial charge is 0.330 e. The van der Waals surface area contributed by atoms with Crippen LogP contribution in [-0.2, 0) is 5.41 Å². The third-order valence-electron chi connectivity index (χ3n) is 5.78. The highest BCUT2D eigenvalue weighted by Crippen LogP contribution is 2.45. The van der Waals surface area contributed by atoms with Crippen molar-refractivity contribution in [2.45, 2.75) is 75.5 Å². The zero-order chi connectivity index (χ0) is 13.8. The maximum Gasteiger partial charge on any atom is 0.00783 e. The molecule has 2 N–H and O–H groups in total. The van der Waals surface area contributed by atoms with Crippen molar-refractivity contribution in [3.05, 3.63) is 35.4 Å². The van der Waals surface area contributed by atoms with Gasteiger partial charge in [-0.05, 0) is 42.7 Å². The van der Waals surface area contributed by atoms with Crippen LogP contribution in [-0.4, -0.2) is 6.54 Å². The first-order valence-electron chi connectivity index (χ1n) is 8.65. The van der Waals surface area contributed by atoms with Crippen LogP contribution in [0.25, 0.3) is 0 Å². The summed E-state index contributed by atoms with van der Waals surface area (Å²) in [6.07, 6.45) is 13.8. The van der Waals surface area contributed by atoms with Gasteiger partial charge in [0.2, 0.25) is 0 Å². The SMILES string of the molecule is NCC1(c2ccccc2C2CCCCCC2)CCCC1. The maximum absolute atomic E-state index is 6.23. The zero-order valence-corrected chi connectivity index (χ0v) is 12.7. The van der Waals surface area contributed by atoms with Crippen molar-refractivity contribution in [2.75, 3.05) is 6.54 Å². The lowest BCUT2D eigenvalue weighted by Gasteiger charge is -2.32. The number of benzene rings is 1. The van der Waals surface area contributed by atoms with E-state index in [9.17, 15) is 0 Å². The standard InChI is InChI=1S/C19H29N/c20-15-19(13-7-8-14-19)18-12-6-5-11-17(18)16-9-3-1-2-4-10-16/h5-6,11-12,16H,1-4,7-10,13-15,20H2. The van der Waals surface area contributed by atoms with Crippen molar-refractivity contribution in [1.82, 2.24) is 0 Å². The molecule has 2 aliphatic rings. The molecular weight excluding hydrogens is 242 g/mol. The molecule has 0 radical (unpaired) electrons. The van der Waals surface area contributed by atoms with E-state index in [1.165, 1.54) is 64.2 Å². The van der Waals surface area contributed by atoms with Gasteiger partial charge in [0.1, 0.15) is 0 Å². The number of rotatable bonds is 3. The first-order chi connectivity index (χ1) is 9.86. The molecule has 0 bridgehead atoms. The number of nitrogens with two attached hydrogens (primary N) is 1. The molecule has 3 rings (SSSR count). The summed E-state index contributed by atoms with van der Waals surface area (Å²) in [6, 6.07) is 9.26. The van der Waals surface area contributed by atoms with E-state index in [0.717, 1.165) is 12.5 Å². The third kappa shape index (κ3) is 2.65. The summed E-state index contributed by atoms with van der Waals surface area (Å²) in [7, 11) is 0.